The molecule has 1 aromatic heterocycles. The lowest BCUT2D eigenvalue weighted by molar-refractivity contribution is -0.142. The summed E-state index contributed by atoms with van der Waals surface area (Å²) in [5.74, 6) is -4.12. The van der Waals surface area contributed by atoms with E-state index in [9.17, 15) is 39.0 Å². The van der Waals surface area contributed by atoms with Gasteiger partial charge in [0.15, 0.2) is 0 Å². The van der Waals surface area contributed by atoms with Gasteiger partial charge in [-0.3, -0.25) is 19.2 Å². The quantitative estimate of drug-likeness (QED) is 0.0670. The predicted octanol–water partition coefficient (Wildman–Crippen LogP) is 2.66. The van der Waals surface area contributed by atoms with Gasteiger partial charge in [0.05, 0.1) is 24.9 Å². The van der Waals surface area contributed by atoms with Crippen molar-refractivity contribution < 1.29 is 43.7 Å². The van der Waals surface area contributed by atoms with Crippen LogP contribution in [0.4, 0.5) is 4.79 Å². The van der Waals surface area contributed by atoms with Gasteiger partial charge in [0.25, 0.3) is 0 Å². The van der Waals surface area contributed by atoms with Crippen LogP contribution in [0.1, 0.15) is 90.1 Å². The molecule has 3 aromatic rings. The second kappa shape index (κ2) is 23.8. The number of carbonyl (C=O) groups is 6. The maximum atomic E-state index is 14.1. The molecule has 0 fully saturated rings. The Kier molecular flexibility index (Phi) is 19.4. The topological polar surface area (TPSA) is 267 Å². The van der Waals surface area contributed by atoms with E-state index in [4.69, 9.17) is 10.5 Å². The van der Waals surface area contributed by atoms with Crippen molar-refractivity contribution in [3.8, 4) is 0 Å². The van der Waals surface area contributed by atoms with Crippen molar-refractivity contribution in [2.45, 2.75) is 135 Å². The van der Waals surface area contributed by atoms with Crippen molar-refractivity contribution in [2.75, 3.05) is 0 Å². The van der Waals surface area contributed by atoms with Gasteiger partial charge in [0.1, 0.15) is 29.8 Å². The molecule has 0 saturated carbocycles. The molecular formula is C44H64N8O9. The molecule has 0 radical (unpaired) electrons. The number of nitrogens with two attached hydrogens (primary N) is 1. The van der Waals surface area contributed by atoms with Crippen molar-refractivity contribution in [1.29, 1.82) is 0 Å². The van der Waals surface area contributed by atoms with Crippen LogP contribution in [0.3, 0.4) is 0 Å². The Balaban J connectivity index is 1.78. The summed E-state index contributed by atoms with van der Waals surface area (Å²) in [7, 11) is 0. The highest BCUT2D eigenvalue weighted by Crippen LogP contribution is 2.15. The zero-order chi connectivity index (χ0) is 45.3. The van der Waals surface area contributed by atoms with Crippen LogP contribution in [0.25, 0.3) is 0 Å². The third kappa shape index (κ3) is 18.1. The van der Waals surface area contributed by atoms with E-state index in [0.29, 0.717) is 11.3 Å². The highest BCUT2D eigenvalue weighted by atomic mass is 16.6. The number of H-pyrrole nitrogens is 1. The summed E-state index contributed by atoms with van der Waals surface area (Å²) < 4.78 is 5.42. The zero-order valence-corrected chi connectivity index (χ0v) is 36.2. The van der Waals surface area contributed by atoms with Crippen molar-refractivity contribution in [3.05, 3.63) is 89.5 Å². The highest BCUT2D eigenvalue weighted by molar-refractivity contribution is 5.92. The molecule has 0 spiro atoms. The molecule has 0 saturated heterocycles. The lowest BCUT2D eigenvalue weighted by Gasteiger charge is -2.29. The summed E-state index contributed by atoms with van der Waals surface area (Å²) in [5, 5.41) is 34.9. The van der Waals surface area contributed by atoms with Crippen LogP contribution in [0, 0.1) is 11.8 Å². The molecule has 5 amide bonds. The number of carboxylic acids is 1. The van der Waals surface area contributed by atoms with E-state index in [0.717, 1.165) is 11.1 Å². The Bertz CT molecular complexity index is 1880. The number of rotatable bonds is 23. The number of nitrogens with zero attached hydrogens (tertiary/aromatic N) is 1. The fraction of sp³-hybridized carbons (Fsp3) is 0.523. The number of carboxylic acid groups (broad SMARTS) is 1. The van der Waals surface area contributed by atoms with Gasteiger partial charge in [-0.1, -0.05) is 82.3 Å². The van der Waals surface area contributed by atoms with E-state index in [1.807, 2.05) is 39.8 Å². The lowest BCUT2D eigenvalue weighted by Crippen LogP contribution is -2.58. The van der Waals surface area contributed by atoms with Gasteiger partial charge in [-0.15, -0.1) is 0 Å². The molecule has 0 aliphatic rings. The van der Waals surface area contributed by atoms with Gasteiger partial charge in [-0.2, -0.15) is 0 Å². The number of alkyl carbamates (subject to hydrolysis) is 1. The minimum absolute atomic E-state index is 0.0116. The summed E-state index contributed by atoms with van der Waals surface area (Å²) in [5.41, 5.74) is 7.63. The number of carbonyl (C=O) groups excluding carboxylic acids is 5. The molecular weight excluding hydrogens is 785 g/mol. The maximum absolute atomic E-state index is 14.1. The van der Waals surface area contributed by atoms with E-state index in [1.165, 1.54) is 12.5 Å². The van der Waals surface area contributed by atoms with Crippen LogP contribution in [-0.2, 0) is 54.5 Å². The summed E-state index contributed by atoms with van der Waals surface area (Å²) in [6.45, 7) is 12.8. The van der Waals surface area contributed by atoms with Crippen molar-refractivity contribution in [2.24, 2.45) is 17.6 Å². The Morgan fingerprint density at radius 2 is 1.30 bits per heavy atom. The molecule has 0 aliphatic heterocycles. The van der Waals surface area contributed by atoms with Crippen LogP contribution in [0.2, 0.25) is 0 Å². The molecule has 10 N–H and O–H groups in total. The number of hydrogen-bond donors (Lipinski definition) is 9. The molecule has 17 heteroatoms. The Labute approximate surface area is 357 Å². The van der Waals surface area contributed by atoms with E-state index in [2.05, 4.69) is 36.6 Å². The fourth-order valence-electron chi connectivity index (χ4n) is 6.59. The molecule has 0 bridgehead atoms. The van der Waals surface area contributed by atoms with Crippen LogP contribution < -0.4 is 32.3 Å². The summed E-state index contributed by atoms with van der Waals surface area (Å²) >= 11 is 0. The number of aliphatic hydroxyl groups excluding tert-OH is 1. The second-order valence-corrected chi connectivity index (χ2v) is 17.1. The Morgan fingerprint density at radius 3 is 1.89 bits per heavy atom. The summed E-state index contributed by atoms with van der Waals surface area (Å²) in [6.07, 6.45) is 0.623. The first-order chi connectivity index (χ1) is 28.7. The van der Waals surface area contributed by atoms with Gasteiger partial charge in [0.2, 0.25) is 23.6 Å². The third-order valence-corrected chi connectivity index (χ3v) is 9.45. The molecule has 2 aromatic carbocycles. The van der Waals surface area contributed by atoms with Crippen molar-refractivity contribution >= 4 is 35.7 Å². The maximum Gasteiger partial charge on any atom is 0.408 e. The minimum Gasteiger partial charge on any atom is -0.480 e. The molecule has 61 heavy (non-hydrogen) atoms. The Hall–Kier alpha value is -5.81. The van der Waals surface area contributed by atoms with Crippen LogP contribution in [-0.4, -0.2) is 97.8 Å². The van der Waals surface area contributed by atoms with E-state index >= 15 is 0 Å². The third-order valence-electron chi connectivity index (χ3n) is 9.45. The smallest absolute Gasteiger partial charge is 0.408 e. The molecule has 3 unspecified atom stereocenters. The number of nitrogens with one attached hydrogen (secondary N) is 6. The van der Waals surface area contributed by atoms with Gasteiger partial charge in [0, 0.05) is 37.7 Å². The monoisotopic (exact) mass is 848 g/mol. The van der Waals surface area contributed by atoms with Crippen molar-refractivity contribution in [3.63, 3.8) is 0 Å². The average Bonchev–Trinajstić information content (AvgIpc) is 3.69. The second-order valence-electron chi connectivity index (χ2n) is 17.1. The van der Waals surface area contributed by atoms with E-state index in [1.54, 1.807) is 63.2 Å². The number of amides is 5. The van der Waals surface area contributed by atoms with Gasteiger partial charge in [-0.25, -0.2) is 14.6 Å². The lowest BCUT2D eigenvalue weighted by atomic mass is 9.95. The fourth-order valence-corrected chi connectivity index (χ4v) is 6.59. The molecule has 6 atom stereocenters. The summed E-state index contributed by atoms with van der Waals surface area (Å²) in [6, 6.07) is 10.3. The van der Waals surface area contributed by atoms with Crippen LogP contribution in [0.5, 0.6) is 0 Å². The number of benzene rings is 2. The number of aromatic nitrogens is 2. The normalized spacial score (nSPS) is 14.5. The standard InChI is InChI=1S/C44H64N8O9/c1-26(2)16-32(37(53)22-38(54)48-33(17-27(3)4)39(55)51-36(42(58)59)20-29-14-11-15-30(18-29)23-45)49-41(57)35(21-31-24-46-25-47-31)50-40(56)34(19-28-12-9-8-10-13-28)52-43(60)61-44(5,6)7/h8-15,18,24-27,32-37,53H,16-17,19-23,45H2,1-7H3,(H,46,47)(H,48,54)(H,49,57)(H,50,56)(H,51,55)(H,52,60)(H,58,59)/t32?,33-,34-,35-,36?,37?/m0/s1. The largest absolute Gasteiger partial charge is 0.480 e. The number of ether oxygens (including phenoxy) is 1. The van der Waals surface area contributed by atoms with Gasteiger partial charge >= 0.3 is 12.1 Å². The number of aliphatic carboxylic acids is 1. The van der Waals surface area contributed by atoms with Crippen LogP contribution >= 0.6 is 0 Å². The molecule has 334 valence electrons. The molecule has 3 rings (SSSR count). The predicted molar refractivity (Wildman–Crippen MR) is 229 cm³/mol. The number of aliphatic hydroxyl groups is 1. The molecule has 0 aliphatic carbocycles. The van der Waals surface area contributed by atoms with Gasteiger partial charge in [-0.05, 0) is 62.1 Å². The first kappa shape index (κ1) is 49.6. The summed E-state index contributed by atoms with van der Waals surface area (Å²) in [4.78, 5) is 87.0. The van der Waals surface area contributed by atoms with Gasteiger partial charge < -0.3 is 52.3 Å². The average molecular weight is 849 g/mol. The first-order valence-electron chi connectivity index (χ1n) is 20.6. The SMILES string of the molecule is CC(C)CC(NC(=O)[C@H](Cc1cnc[nH]1)NC(=O)[C@H](Cc1ccccc1)NC(=O)OC(C)(C)C)C(O)CC(=O)N[C@@H](CC(C)C)C(=O)NC(Cc1cccc(CN)c1)C(=O)O. The molecule has 17 nitrogen and oxygen atoms in total. The zero-order valence-electron chi connectivity index (χ0n) is 36.2. The molecule has 1 heterocycles. The first-order valence-corrected chi connectivity index (χ1v) is 20.6. The van der Waals surface area contributed by atoms with Crippen LogP contribution in [0.15, 0.2) is 67.1 Å². The highest BCUT2D eigenvalue weighted by Gasteiger charge is 2.33. The van der Waals surface area contributed by atoms with Crippen molar-refractivity contribution in [1.82, 2.24) is 36.6 Å². The number of aromatic amines is 1. The van der Waals surface area contributed by atoms with E-state index < -0.39 is 84.0 Å². The minimum atomic E-state index is -1.43. The van der Waals surface area contributed by atoms with E-state index in [-0.39, 0.29) is 50.5 Å². The number of hydrogen-bond acceptors (Lipinski definition) is 10. The number of imidazole rings is 1. The Morgan fingerprint density at radius 1 is 0.721 bits per heavy atom.